The fourth-order valence-corrected chi connectivity index (χ4v) is 3.56. The lowest BCUT2D eigenvalue weighted by atomic mass is 10.1. The molecule has 1 heterocycles. The van der Waals surface area contributed by atoms with E-state index in [-0.39, 0.29) is 5.91 Å². The fraction of sp³-hybridized carbons (Fsp3) is 0.333. The van der Waals surface area contributed by atoms with E-state index in [9.17, 15) is 4.79 Å². The third kappa shape index (κ3) is 4.57. The molecule has 4 rings (SSSR count). The van der Waals surface area contributed by atoms with E-state index < -0.39 is 0 Å². The minimum Gasteiger partial charge on any atom is -0.436 e. The van der Waals surface area contributed by atoms with Crippen molar-refractivity contribution in [1.82, 2.24) is 15.2 Å². The van der Waals surface area contributed by atoms with Crippen LogP contribution in [0.1, 0.15) is 35.7 Å². The molecule has 5 nitrogen and oxygen atoms in total. The van der Waals surface area contributed by atoms with Gasteiger partial charge in [0, 0.05) is 30.3 Å². The quantitative estimate of drug-likeness (QED) is 0.615. The molecule has 29 heavy (non-hydrogen) atoms. The van der Waals surface area contributed by atoms with Crippen LogP contribution in [-0.2, 0) is 0 Å². The van der Waals surface area contributed by atoms with Crippen LogP contribution in [0, 0.1) is 6.92 Å². The molecule has 1 N–H and O–H groups in total. The van der Waals surface area contributed by atoms with E-state index in [0.717, 1.165) is 18.7 Å². The fourth-order valence-electron chi connectivity index (χ4n) is 3.56. The summed E-state index contributed by atoms with van der Waals surface area (Å²) in [5.41, 5.74) is 3.45. The number of benzene rings is 2. The van der Waals surface area contributed by atoms with Crippen LogP contribution in [-0.4, -0.2) is 41.5 Å². The topological polar surface area (TPSA) is 58.4 Å². The Bertz CT molecular complexity index is 974. The molecule has 1 aromatic heterocycles. The van der Waals surface area contributed by atoms with Gasteiger partial charge in [-0.3, -0.25) is 9.69 Å². The Morgan fingerprint density at radius 1 is 1.17 bits per heavy atom. The van der Waals surface area contributed by atoms with Gasteiger partial charge in [0.2, 0.25) is 5.89 Å². The van der Waals surface area contributed by atoms with Gasteiger partial charge in [0.1, 0.15) is 0 Å². The van der Waals surface area contributed by atoms with Crippen LogP contribution in [0.25, 0.3) is 22.8 Å². The van der Waals surface area contributed by atoms with Crippen molar-refractivity contribution < 1.29 is 9.21 Å². The van der Waals surface area contributed by atoms with Crippen LogP contribution in [0.4, 0.5) is 0 Å². The van der Waals surface area contributed by atoms with Crippen LogP contribution >= 0.6 is 0 Å². The zero-order valence-electron chi connectivity index (χ0n) is 17.0. The summed E-state index contributed by atoms with van der Waals surface area (Å²) in [5, 5.41) is 3.05. The molecule has 3 aromatic rings. The van der Waals surface area contributed by atoms with E-state index in [1.165, 1.54) is 18.4 Å². The Morgan fingerprint density at radius 3 is 2.66 bits per heavy atom. The van der Waals surface area contributed by atoms with Crippen molar-refractivity contribution in [3.63, 3.8) is 0 Å². The summed E-state index contributed by atoms with van der Waals surface area (Å²) in [5.74, 6) is 1.06. The van der Waals surface area contributed by atoms with Gasteiger partial charge in [-0.25, -0.2) is 4.98 Å². The summed E-state index contributed by atoms with van der Waals surface area (Å²) in [4.78, 5) is 19.7. The van der Waals surface area contributed by atoms with E-state index in [0.29, 0.717) is 35.4 Å². The second kappa shape index (κ2) is 8.62. The normalized spacial score (nSPS) is 13.6. The maximum Gasteiger partial charge on any atom is 0.252 e. The van der Waals surface area contributed by atoms with Gasteiger partial charge >= 0.3 is 0 Å². The van der Waals surface area contributed by atoms with Gasteiger partial charge in [-0.1, -0.05) is 48.9 Å². The molecule has 2 aromatic carbocycles. The number of nitrogens with one attached hydrogen (secondary N) is 1. The highest BCUT2D eigenvalue weighted by Gasteiger charge is 2.27. The van der Waals surface area contributed by atoms with Crippen molar-refractivity contribution in [3.05, 3.63) is 65.9 Å². The molecule has 0 unspecified atom stereocenters. The molecule has 150 valence electrons. The molecular weight excluding hydrogens is 362 g/mol. The van der Waals surface area contributed by atoms with Crippen molar-refractivity contribution in [2.24, 2.45) is 0 Å². The summed E-state index contributed by atoms with van der Waals surface area (Å²) in [6.07, 6.45) is 4.26. The molecule has 0 bridgehead atoms. The maximum absolute atomic E-state index is 12.8. The molecule has 1 fully saturated rings. The Balaban J connectivity index is 1.48. The van der Waals surface area contributed by atoms with Crippen LogP contribution in [0.5, 0.6) is 0 Å². The number of carbonyl (C=O) groups is 1. The number of nitrogens with zero attached hydrogens (tertiary/aromatic N) is 2. The second-order valence-corrected chi connectivity index (χ2v) is 7.56. The van der Waals surface area contributed by atoms with E-state index in [4.69, 9.17) is 4.42 Å². The van der Waals surface area contributed by atoms with Gasteiger partial charge in [-0.05, 0) is 38.4 Å². The lowest BCUT2D eigenvalue weighted by Gasteiger charge is -2.19. The molecule has 0 radical (unpaired) electrons. The SMILES string of the molecule is CCN(CCNC(=O)c1ccccc1-c1ncc(-c2ccc(C)cc2)o1)C1CC1. The third-order valence-corrected chi connectivity index (χ3v) is 5.40. The van der Waals surface area contributed by atoms with Crippen molar-refractivity contribution >= 4 is 5.91 Å². The van der Waals surface area contributed by atoms with Crippen molar-refractivity contribution in [2.45, 2.75) is 32.7 Å². The number of hydrogen-bond donors (Lipinski definition) is 1. The van der Waals surface area contributed by atoms with E-state index in [1.54, 1.807) is 6.20 Å². The number of likely N-dealkylation sites (N-methyl/N-ethyl adjacent to an activating group) is 1. The maximum atomic E-state index is 12.8. The van der Waals surface area contributed by atoms with E-state index >= 15 is 0 Å². The second-order valence-electron chi connectivity index (χ2n) is 7.56. The van der Waals surface area contributed by atoms with E-state index in [2.05, 4.69) is 29.0 Å². The molecular formula is C24H27N3O2. The molecule has 0 atom stereocenters. The first-order valence-electron chi connectivity index (χ1n) is 10.3. The van der Waals surface area contributed by atoms with Gasteiger partial charge in [0.25, 0.3) is 5.91 Å². The zero-order valence-corrected chi connectivity index (χ0v) is 17.0. The lowest BCUT2D eigenvalue weighted by Crippen LogP contribution is -2.36. The third-order valence-electron chi connectivity index (χ3n) is 5.40. The highest BCUT2D eigenvalue weighted by atomic mass is 16.4. The molecule has 1 aliphatic carbocycles. The highest BCUT2D eigenvalue weighted by Crippen LogP contribution is 2.28. The van der Waals surface area contributed by atoms with Gasteiger partial charge < -0.3 is 9.73 Å². The largest absolute Gasteiger partial charge is 0.436 e. The summed E-state index contributed by atoms with van der Waals surface area (Å²) in [7, 11) is 0. The Kier molecular flexibility index (Phi) is 5.76. The van der Waals surface area contributed by atoms with Crippen molar-refractivity contribution in [3.8, 4) is 22.8 Å². The first-order chi connectivity index (χ1) is 14.2. The lowest BCUT2D eigenvalue weighted by molar-refractivity contribution is 0.0948. The number of aryl methyl sites for hydroxylation is 1. The Labute approximate surface area is 171 Å². The number of amides is 1. The molecule has 1 saturated carbocycles. The van der Waals surface area contributed by atoms with Crippen LogP contribution in [0.2, 0.25) is 0 Å². The highest BCUT2D eigenvalue weighted by molar-refractivity contribution is 6.00. The number of aromatic nitrogens is 1. The average molecular weight is 389 g/mol. The number of oxazole rings is 1. The van der Waals surface area contributed by atoms with Crippen LogP contribution in [0.15, 0.2) is 59.1 Å². The monoisotopic (exact) mass is 389 g/mol. The molecule has 1 amide bonds. The minimum absolute atomic E-state index is 0.0949. The molecule has 0 saturated heterocycles. The number of hydrogen-bond acceptors (Lipinski definition) is 4. The van der Waals surface area contributed by atoms with Crippen LogP contribution in [0.3, 0.4) is 0 Å². The Hall–Kier alpha value is -2.92. The zero-order chi connectivity index (χ0) is 20.2. The first-order valence-corrected chi connectivity index (χ1v) is 10.3. The van der Waals surface area contributed by atoms with Gasteiger partial charge in [-0.15, -0.1) is 0 Å². The molecule has 1 aliphatic rings. The number of carbonyl (C=O) groups excluding carboxylic acids is 1. The van der Waals surface area contributed by atoms with Crippen molar-refractivity contribution in [1.29, 1.82) is 0 Å². The standard InChI is InChI=1S/C24H27N3O2/c1-3-27(19-12-13-19)15-14-25-23(28)20-6-4-5-7-21(20)24-26-16-22(29-24)18-10-8-17(2)9-11-18/h4-11,16,19H,3,12-15H2,1-2H3,(H,25,28). The summed E-state index contributed by atoms with van der Waals surface area (Å²) in [6, 6.07) is 16.3. The number of rotatable bonds is 8. The summed E-state index contributed by atoms with van der Waals surface area (Å²) >= 11 is 0. The molecule has 0 spiro atoms. The predicted octanol–water partition coefficient (Wildman–Crippen LogP) is 4.53. The smallest absolute Gasteiger partial charge is 0.252 e. The average Bonchev–Trinajstić information content (AvgIpc) is 3.47. The van der Waals surface area contributed by atoms with Gasteiger partial charge in [0.15, 0.2) is 5.76 Å². The first kappa shape index (κ1) is 19.4. The summed E-state index contributed by atoms with van der Waals surface area (Å²) < 4.78 is 5.99. The molecule has 0 aliphatic heterocycles. The Morgan fingerprint density at radius 2 is 1.93 bits per heavy atom. The van der Waals surface area contributed by atoms with Crippen LogP contribution < -0.4 is 5.32 Å². The van der Waals surface area contributed by atoms with Gasteiger partial charge in [0.05, 0.1) is 11.8 Å². The van der Waals surface area contributed by atoms with Crippen molar-refractivity contribution in [2.75, 3.05) is 19.6 Å². The molecule has 5 heteroatoms. The summed E-state index contributed by atoms with van der Waals surface area (Å²) in [6.45, 7) is 6.76. The minimum atomic E-state index is -0.0949. The van der Waals surface area contributed by atoms with E-state index in [1.807, 2.05) is 48.5 Å². The predicted molar refractivity (Wildman–Crippen MR) is 115 cm³/mol. The van der Waals surface area contributed by atoms with Gasteiger partial charge in [-0.2, -0.15) is 0 Å².